The lowest BCUT2D eigenvalue weighted by Gasteiger charge is -2.39. The Labute approximate surface area is 726 Å². The molecule has 7 aliphatic rings. The first-order valence-electron chi connectivity index (χ1n) is 39.1. The highest BCUT2D eigenvalue weighted by molar-refractivity contribution is 7.67. The van der Waals surface area contributed by atoms with Crippen LogP contribution in [0.2, 0.25) is 0 Å². The molecular weight excluding hydrogens is 1830 g/mol. The molecule has 0 radical (unpaired) electrons. The molecule has 0 spiro atoms. The third-order valence-electron chi connectivity index (χ3n) is 21.3. The number of aryl methyl sites for hydroxylation is 2. The Kier molecular flexibility index (Phi) is 26.9. The number of carbonyl (C=O) groups excluding carboxylic acids is 2. The Morgan fingerprint density at radius 2 is 1.11 bits per heavy atom. The van der Waals surface area contributed by atoms with E-state index in [1.807, 2.05) is 0 Å². The van der Waals surface area contributed by atoms with Gasteiger partial charge in [-0.3, -0.25) is 43.2 Å². The summed E-state index contributed by atoms with van der Waals surface area (Å²) < 4.78 is 128. The fourth-order valence-corrected chi connectivity index (χ4v) is 22.2. The van der Waals surface area contributed by atoms with Gasteiger partial charge in [0.25, 0.3) is 11.4 Å². The number of phosphoric ester groups is 2. The van der Waals surface area contributed by atoms with E-state index in [1.54, 1.807) is 18.2 Å². The molecule has 0 amide bonds. The Morgan fingerprint density at radius 3 is 1.63 bits per heavy atom. The number of aliphatic hydroxyl groups is 2. The quantitative estimate of drug-likeness (QED) is 0.00789. The smallest absolute Gasteiger partial charge is 0.490 e. The third kappa shape index (κ3) is 21.2. The molecule has 49 nitrogen and oxygen atoms in total. The van der Waals surface area contributed by atoms with E-state index < -0.39 is 119 Å². The molecule has 0 aliphatic carbocycles. The Hall–Kier alpha value is -10.6. The number of hydrogen-bond acceptors (Lipinski definition) is 36. The van der Waals surface area contributed by atoms with E-state index in [0.717, 1.165) is 111 Å². The van der Waals surface area contributed by atoms with Gasteiger partial charge in [0.2, 0.25) is 29.0 Å². The van der Waals surface area contributed by atoms with Crippen LogP contribution in [-0.4, -0.2) is 180 Å². The largest absolute Gasteiger partial charge is 0.545 e. The number of Topliss-reactive ketones (excluding diaryl/α,β-unsaturated/α-hetero) is 1. The van der Waals surface area contributed by atoms with Crippen LogP contribution in [0, 0.1) is 43.9 Å². The van der Waals surface area contributed by atoms with Gasteiger partial charge in [-0.15, -0.1) is 0 Å². The molecule has 4 aromatic heterocycles. The molecule has 11 heterocycles. The van der Waals surface area contributed by atoms with Crippen LogP contribution in [0.3, 0.4) is 0 Å². The van der Waals surface area contributed by atoms with Crippen LogP contribution in [-0.2, 0) is 102 Å². The minimum absolute atomic E-state index is 0.0148. The molecule has 7 aliphatic heterocycles. The summed E-state index contributed by atoms with van der Waals surface area (Å²) in [5, 5.41) is 60.3. The molecule has 5 aromatic carbocycles. The van der Waals surface area contributed by atoms with Crippen LogP contribution >= 0.6 is 46.9 Å². The van der Waals surface area contributed by atoms with Crippen molar-refractivity contribution in [3.63, 3.8) is 0 Å². The second-order valence-electron chi connectivity index (χ2n) is 30.0. The van der Waals surface area contributed by atoms with Crippen molar-refractivity contribution in [2.45, 2.75) is 127 Å². The number of carbonyl (C=O) groups is 2. The number of imidazole rings is 2. The van der Waals surface area contributed by atoms with Crippen LogP contribution in [0.15, 0.2) is 79.4 Å². The average molecular weight is 1910 g/mol. The second-order valence-corrected chi connectivity index (χ2v) is 38.8. The predicted molar refractivity (Wildman–Crippen MR) is 440 cm³/mol. The van der Waals surface area contributed by atoms with Crippen LogP contribution in [0.25, 0.3) is 27.9 Å². The van der Waals surface area contributed by atoms with Gasteiger partial charge in [-0.05, 0) is 92.1 Å². The maximum absolute atomic E-state index is 14.2. The summed E-state index contributed by atoms with van der Waals surface area (Å²) in [6.07, 6.45) is 1.89. The van der Waals surface area contributed by atoms with Gasteiger partial charge in [-0.1, -0.05) is 35.8 Å². The van der Waals surface area contributed by atoms with Gasteiger partial charge in [0.05, 0.1) is 77.1 Å². The summed E-state index contributed by atoms with van der Waals surface area (Å²) in [4.78, 5) is 150. The Bertz CT molecular complexity index is 6680. The molecule has 16 rings (SSSR count). The van der Waals surface area contributed by atoms with E-state index in [-0.39, 0.29) is 130 Å². The minimum atomic E-state index is -5.80. The lowest BCUT2D eigenvalue weighted by molar-refractivity contribution is -0.386. The number of carboxylic acid groups (broad SMARTS) is 1. The highest BCUT2D eigenvalue weighted by Gasteiger charge is 2.47. The lowest BCUT2D eigenvalue weighted by Crippen LogP contribution is -2.45. The summed E-state index contributed by atoms with van der Waals surface area (Å²) in [6.45, 7) is 1.37. The zero-order valence-corrected chi connectivity index (χ0v) is 72.2. The monoisotopic (exact) mass is 1910 g/mol. The Balaban J connectivity index is 0.000000240. The fourth-order valence-electron chi connectivity index (χ4n) is 16.2. The van der Waals surface area contributed by atoms with E-state index in [1.165, 1.54) is 80.4 Å². The number of nitro groups is 2. The number of hydrogen-bond donors (Lipinski definition) is 13. The number of nitro benzene ring substituents is 2. The number of ketones is 1. The van der Waals surface area contributed by atoms with Crippen LogP contribution < -0.4 is 56.6 Å². The molecule has 682 valence electrons. The average Bonchev–Trinajstić information content (AvgIpc) is 1.44. The number of ether oxygens (including phenoxy) is 5. The van der Waals surface area contributed by atoms with Crippen molar-refractivity contribution < 1.29 is 151 Å². The van der Waals surface area contributed by atoms with E-state index in [9.17, 15) is 92.1 Å². The molecule has 6 unspecified atom stereocenters. The van der Waals surface area contributed by atoms with Crippen LogP contribution in [0.1, 0.15) is 140 Å². The molecule has 0 bridgehead atoms. The molecule has 2 saturated heterocycles. The number of aliphatic hydroxyl groups excluding tert-OH is 2. The topological polar surface area (TPSA) is 721 Å². The molecule has 0 saturated carbocycles. The summed E-state index contributed by atoms with van der Waals surface area (Å²) >= 11 is 0. The van der Waals surface area contributed by atoms with Crippen molar-refractivity contribution >= 4 is 116 Å². The van der Waals surface area contributed by atoms with Gasteiger partial charge in [0.1, 0.15) is 62.5 Å². The zero-order valence-electron chi connectivity index (χ0n) is 66.9. The summed E-state index contributed by atoms with van der Waals surface area (Å²) in [6, 6.07) is 17.4. The summed E-state index contributed by atoms with van der Waals surface area (Å²) in [7, 11) is -33.7. The molecule has 10 atom stereocenters. The number of fused-ring (bicyclic) bond motifs is 6. The number of phosphoric acid groups is 6. The molecule has 16 N–H and O–H groups in total. The normalized spacial score (nSPS) is 20.4. The van der Waals surface area contributed by atoms with E-state index in [2.05, 4.69) is 101 Å². The van der Waals surface area contributed by atoms with Crippen molar-refractivity contribution in [1.82, 2.24) is 43.6 Å². The van der Waals surface area contributed by atoms with Crippen molar-refractivity contribution in [3.05, 3.63) is 177 Å². The first kappa shape index (κ1) is 93.0. The van der Waals surface area contributed by atoms with Crippen LogP contribution in [0.4, 0.5) is 29.0 Å². The Morgan fingerprint density at radius 1 is 0.597 bits per heavy atom. The molecule has 55 heteroatoms. The van der Waals surface area contributed by atoms with Crippen molar-refractivity contribution in [2.24, 2.45) is 5.73 Å². The number of benzene rings is 5. The van der Waals surface area contributed by atoms with Crippen molar-refractivity contribution in [3.8, 4) is 46.9 Å². The van der Waals surface area contributed by atoms with Gasteiger partial charge in [0, 0.05) is 119 Å². The third-order valence-corrected chi connectivity index (χ3v) is 28.9. The maximum atomic E-state index is 14.2. The van der Waals surface area contributed by atoms with Gasteiger partial charge in [0.15, 0.2) is 28.1 Å². The summed E-state index contributed by atoms with van der Waals surface area (Å²) in [5.41, 5.74) is 25.7. The highest BCUT2D eigenvalue weighted by Crippen LogP contribution is 2.68. The number of carboxylic acids is 1. The second kappa shape index (κ2) is 37.3. The number of nitrogens with zero attached hydrogens (tertiary/aromatic N) is 12. The molecule has 129 heavy (non-hydrogen) atoms. The SMILES string of the molecule is NCC#Cc1ccc(COc2nc(N)nc3c2ncn3[C@H]2CC(O)[C@@H](COP(=O)(O)OP(=O)(O)OP(=O)(O)O)O2)c([N+](=O)[O-])c1.Nc1nc(OCc2ccc(C#CCCC(=O)c3ccc(C(=O)[O-])c(C4=c5cc6c7c(c5Oc5c4cc4c8c5CCCN8CCC4)CCC[N+]=7CCC6)c3)cc2[N+](=O)[O-])c2ncn([C@H]3CC(O)[C@@H](COP(=O)(O)OP(=O)(O)OP(=O)(O)O)O3)c2n1. The molecule has 2 fully saturated rings. The van der Waals surface area contributed by atoms with Crippen LogP contribution in [0.5, 0.6) is 23.3 Å². The summed E-state index contributed by atoms with van der Waals surface area (Å²) in [5.74, 6) is 10.1. The number of aromatic carboxylic acids is 1. The zero-order chi connectivity index (χ0) is 92.1. The lowest BCUT2D eigenvalue weighted by atomic mass is 9.81. The van der Waals surface area contributed by atoms with E-state index in [4.69, 9.17) is 60.5 Å². The number of anilines is 3. The molecular formula is C74H77N15O34P6. The number of nitrogens with two attached hydrogens (primary N) is 3. The maximum Gasteiger partial charge on any atom is 0.490 e. The fraction of sp³-hybridized carbons (Fsp3) is 0.365. The predicted octanol–water partition coefficient (Wildman–Crippen LogP) is 3.90. The number of aromatic nitrogens is 8. The minimum Gasteiger partial charge on any atom is -0.545 e. The standard InChI is InChI=1S/C54H53N8O19P3.C20H24N7O15P3/c55-54-57-51-46(56-28-61(51)44-25-42(64)43(78-44)27-77-83(72,73)81-84(74,75)80-82(69,70)71)52(58-54)76-26-33-14-13-29(21-40(33)62(67)68)7-1-2-12-41(63)30-15-16-34(53(65)66)37(22-30)45-38-23-31-8-3-17-59-19-5-10-35(47(31)59)49(38)79-50-36-11-6-20-60-18-4-9-32(48(36)60)24-39(45)50;21-5-1-2-11-3-4-12(13(6-11)27(29)30)8-38-19-17-18(24-20(22)25-19)26(10-23-17)16-7-14(28)15(40-16)9-39-44(34,35)42-45(36,37)41-43(31,32)33/h13-16,21-24,28,42-44,64H,2-6,8-12,17-20,25-27H2,(H6-,55,57,58,65,66,69,70,71,72,73,74,75);3-4,6,10,14-16,28H,5,7-9,21H2,(H,34,35)(H,36,37)(H2,22,24,25)(H2,31,32,33)/t42?,43-,44-;14?,15-,16-/m11/s1. The highest BCUT2D eigenvalue weighted by atomic mass is 31.3. The van der Waals surface area contributed by atoms with Crippen molar-refractivity contribution in [2.75, 3.05) is 62.3 Å². The first-order chi connectivity index (χ1) is 61.0. The molecule has 9 aromatic rings. The van der Waals surface area contributed by atoms with Gasteiger partial charge in [-0.25, -0.2) is 41.9 Å². The van der Waals surface area contributed by atoms with E-state index >= 15 is 0 Å². The number of rotatable bonds is 29. The van der Waals surface area contributed by atoms with E-state index in [0.29, 0.717) is 16.7 Å². The van der Waals surface area contributed by atoms with Crippen molar-refractivity contribution in [1.29, 1.82) is 0 Å². The first-order valence-corrected chi connectivity index (χ1v) is 48.1. The number of nitrogen functional groups attached to an aromatic ring is 2. The van der Waals surface area contributed by atoms with Gasteiger partial charge in [-0.2, -0.15) is 37.2 Å². The van der Waals surface area contributed by atoms with Gasteiger partial charge >= 0.3 is 46.9 Å². The van der Waals surface area contributed by atoms with Gasteiger partial charge < -0.3 is 105 Å².